The lowest BCUT2D eigenvalue weighted by Crippen LogP contribution is -2.34. The number of hydrogen-bond donors (Lipinski definition) is 1. The number of rotatable bonds is 9. The van der Waals surface area contributed by atoms with Gasteiger partial charge in [-0.1, -0.05) is 27.7 Å². The lowest BCUT2D eigenvalue weighted by molar-refractivity contribution is 0.0197. The molecular weight excluding hydrogens is 198 g/mol. The van der Waals surface area contributed by atoms with Gasteiger partial charge in [-0.2, -0.15) is 0 Å². The van der Waals surface area contributed by atoms with E-state index >= 15 is 0 Å². The molecule has 1 N–H and O–H groups in total. The highest BCUT2D eigenvalue weighted by atomic mass is 16.5. The Morgan fingerprint density at radius 3 is 2.38 bits per heavy atom. The normalized spacial score (nSPS) is 18.4. The van der Waals surface area contributed by atoms with Gasteiger partial charge >= 0.3 is 0 Å². The van der Waals surface area contributed by atoms with Gasteiger partial charge in [0.2, 0.25) is 0 Å². The van der Waals surface area contributed by atoms with Crippen LogP contribution in [0.3, 0.4) is 0 Å². The smallest absolute Gasteiger partial charge is 0.0722 e. The molecule has 2 heteroatoms. The minimum absolute atomic E-state index is 0.396. The van der Waals surface area contributed by atoms with Crippen molar-refractivity contribution in [3.63, 3.8) is 0 Å². The maximum atomic E-state index is 5.97. The van der Waals surface area contributed by atoms with Crippen molar-refractivity contribution < 1.29 is 4.74 Å². The van der Waals surface area contributed by atoms with Crippen LogP contribution in [-0.4, -0.2) is 25.3 Å². The van der Waals surface area contributed by atoms with E-state index < -0.39 is 0 Å². The Balaban J connectivity index is 2.06. The molecule has 1 saturated carbocycles. The third-order valence-electron chi connectivity index (χ3n) is 3.19. The first-order chi connectivity index (χ1) is 7.59. The molecule has 2 nitrogen and oxygen atoms in total. The van der Waals surface area contributed by atoms with E-state index in [0.717, 1.165) is 25.1 Å². The summed E-state index contributed by atoms with van der Waals surface area (Å²) in [4.78, 5) is 0. The van der Waals surface area contributed by atoms with Crippen LogP contribution in [0.15, 0.2) is 0 Å². The van der Waals surface area contributed by atoms with Crippen LogP contribution < -0.4 is 5.32 Å². The van der Waals surface area contributed by atoms with E-state index in [2.05, 4.69) is 33.0 Å². The van der Waals surface area contributed by atoms with Gasteiger partial charge in [0.05, 0.1) is 6.10 Å². The molecule has 0 spiro atoms. The molecule has 1 unspecified atom stereocenters. The van der Waals surface area contributed by atoms with Crippen molar-refractivity contribution in [1.82, 2.24) is 5.32 Å². The first-order valence-electron chi connectivity index (χ1n) is 6.94. The molecule has 0 aromatic rings. The Kier molecular flexibility index (Phi) is 6.37. The van der Waals surface area contributed by atoms with Gasteiger partial charge in [-0.05, 0) is 37.5 Å². The molecule has 0 aromatic heterocycles. The van der Waals surface area contributed by atoms with Crippen molar-refractivity contribution in [3.8, 4) is 0 Å². The van der Waals surface area contributed by atoms with Crippen LogP contribution in [0.25, 0.3) is 0 Å². The Labute approximate surface area is 101 Å². The maximum absolute atomic E-state index is 5.97. The average molecular weight is 227 g/mol. The predicted molar refractivity (Wildman–Crippen MR) is 69.7 cm³/mol. The molecule has 1 atom stereocenters. The summed E-state index contributed by atoms with van der Waals surface area (Å²) in [6.45, 7) is 11.0. The summed E-state index contributed by atoms with van der Waals surface area (Å²) in [6, 6.07) is 0.792. The molecule has 16 heavy (non-hydrogen) atoms. The van der Waals surface area contributed by atoms with Crippen molar-refractivity contribution in [2.24, 2.45) is 11.8 Å². The van der Waals surface area contributed by atoms with Crippen LogP contribution in [0.5, 0.6) is 0 Å². The summed E-state index contributed by atoms with van der Waals surface area (Å²) in [5.41, 5.74) is 0. The Morgan fingerprint density at radius 2 is 1.88 bits per heavy atom. The quantitative estimate of drug-likeness (QED) is 0.611. The van der Waals surface area contributed by atoms with E-state index in [-0.39, 0.29) is 0 Å². The third kappa shape index (κ3) is 6.49. The van der Waals surface area contributed by atoms with Gasteiger partial charge in [0.25, 0.3) is 0 Å². The third-order valence-corrected chi connectivity index (χ3v) is 3.19. The fraction of sp³-hybridized carbons (Fsp3) is 1.00. The highest BCUT2D eigenvalue weighted by molar-refractivity contribution is 4.82. The molecule has 0 aromatic carbocycles. The van der Waals surface area contributed by atoms with Gasteiger partial charge in [-0.3, -0.25) is 0 Å². The average Bonchev–Trinajstić information content (AvgIpc) is 2.99. The van der Waals surface area contributed by atoms with E-state index in [9.17, 15) is 0 Å². The van der Waals surface area contributed by atoms with Crippen molar-refractivity contribution in [2.45, 2.75) is 65.5 Å². The van der Waals surface area contributed by atoms with Crippen LogP contribution in [0, 0.1) is 11.8 Å². The summed E-state index contributed by atoms with van der Waals surface area (Å²) in [6.07, 6.45) is 5.59. The second kappa shape index (κ2) is 7.29. The molecule has 0 aliphatic heterocycles. The minimum atomic E-state index is 0.396. The molecule has 1 aliphatic carbocycles. The summed E-state index contributed by atoms with van der Waals surface area (Å²) >= 11 is 0. The largest absolute Gasteiger partial charge is 0.377 e. The van der Waals surface area contributed by atoms with Crippen LogP contribution in [0.2, 0.25) is 0 Å². The van der Waals surface area contributed by atoms with Crippen molar-refractivity contribution >= 4 is 0 Å². The molecule has 0 heterocycles. The van der Waals surface area contributed by atoms with Gasteiger partial charge in [-0.15, -0.1) is 0 Å². The van der Waals surface area contributed by atoms with E-state index in [1.165, 1.54) is 25.7 Å². The molecule has 1 rings (SSSR count). The topological polar surface area (TPSA) is 21.3 Å². The van der Waals surface area contributed by atoms with Crippen LogP contribution in [-0.2, 0) is 4.74 Å². The summed E-state index contributed by atoms with van der Waals surface area (Å²) in [5.74, 6) is 1.41. The van der Waals surface area contributed by atoms with Crippen molar-refractivity contribution in [2.75, 3.05) is 13.2 Å². The van der Waals surface area contributed by atoms with E-state index in [1.54, 1.807) is 0 Å². The zero-order chi connectivity index (χ0) is 12.0. The molecular formula is C14H29NO. The molecule has 0 saturated heterocycles. The Bertz CT molecular complexity index is 176. The van der Waals surface area contributed by atoms with E-state index in [4.69, 9.17) is 4.74 Å². The van der Waals surface area contributed by atoms with E-state index in [0.29, 0.717) is 12.0 Å². The highest BCUT2D eigenvalue weighted by Crippen LogP contribution is 2.19. The first-order valence-corrected chi connectivity index (χ1v) is 6.94. The van der Waals surface area contributed by atoms with Crippen molar-refractivity contribution in [3.05, 3.63) is 0 Å². The number of ether oxygens (including phenoxy) is 1. The Morgan fingerprint density at radius 1 is 1.19 bits per heavy atom. The fourth-order valence-corrected chi connectivity index (χ4v) is 1.78. The molecule has 0 amide bonds. The number of hydrogen-bond acceptors (Lipinski definition) is 2. The second-order valence-corrected chi connectivity index (χ2v) is 5.87. The van der Waals surface area contributed by atoms with Gasteiger partial charge < -0.3 is 10.1 Å². The van der Waals surface area contributed by atoms with Gasteiger partial charge in [0.1, 0.15) is 0 Å². The first kappa shape index (κ1) is 14.0. The summed E-state index contributed by atoms with van der Waals surface area (Å²) in [7, 11) is 0. The lowest BCUT2D eigenvalue weighted by Gasteiger charge is -2.22. The standard InChI is InChI=1S/C14H29NO/c1-11(2)6-5-9-16-14(12(3)4)10-15-13-7-8-13/h11-15H,5-10H2,1-4H3. The van der Waals surface area contributed by atoms with Gasteiger partial charge in [-0.25, -0.2) is 0 Å². The molecule has 1 aliphatic rings. The lowest BCUT2D eigenvalue weighted by atomic mass is 10.1. The maximum Gasteiger partial charge on any atom is 0.0722 e. The van der Waals surface area contributed by atoms with Crippen LogP contribution >= 0.6 is 0 Å². The zero-order valence-corrected chi connectivity index (χ0v) is 11.5. The zero-order valence-electron chi connectivity index (χ0n) is 11.5. The monoisotopic (exact) mass is 227 g/mol. The minimum Gasteiger partial charge on any atom is -0.377 e. The van der Waals surface area contributed by atoms with Crippen molar-refractivity contribution in [1.29, 1.82) is 0 Å². The highest BCUT2D eigenvalue weighted by Gasteiger charge is 2.23. The number of nitrogens with one attached hydrogen (secondary N) is 1. The predicted octanol–water partition coefficient (Wildman–Crippen LogP) is 3.22. The van der Waals surface area contributed by atoms with E-state index in [1.807, 2.05) is 0 Å². The Hall–Kier alpha value is -0.0800. The second-order valence-electron chi connectivity index (χ2n) is 5.87. The van der Waals surface area contributed by atoms with Gasteiger partial charge in [0.15, 0.2) is 0 Å². The van der Waals surface area contributed by atoms with Gasteiger partial charge in [0, 0.05) is 19.2 Å². The molecule has 0 bridgehead atoms. The molecule has 1 fully saturated rings. The molecule has 0 radical (unpaired) electrons. The fourth-order valence-electron chi connectivity index (χ4n) is 1.78. The van der Waals surface area contributed by atoms with Crippen LogP contribution in [0.4, 0.5) is 0 Å². The molecule has 96 valence electrons. The summed E-state index contributed by atoms with van der Waals surface area (Å²) < 4.78 is 5.97. The summed E-state index contributed by atoms with van der Waals surface area (Å²) in [5, 5.41) is 3.56. The van der Waals surface area contributed by atoms with Crippen LogP contribution in [0.1, 0.15) is 53.4 Å². The SMILES string of the molecule is CC(C)CCCOC(CNC1CC1)C(C)C.